The van der Waals surface area contributed by atoms with Crippen LogP contribution in [0.1, 0.15) is 25.3 Å². The van der Waals surface area contributed by atoms with Crippen LogP contribution in [0.4, 0.5) is 5.69 Å². The van der Waals surface area contributed by atoms with Crippen molar-refractivity contribution in [1.29, 1.82) is 0 Å². The molecule has 18 heavy (non-hydrogen) atoms. The molecule has 1 aromatic rings. The van der Waals surface area contributed by atoms with E-state index in [9.17, 15) is 9.59 Å². The summed E-state index contributed by atoms with van der Waals surface area (Å²) in [5.41, 5.74) is 1.62. The molecule has 0 saturated carbocycles. The molecule has 0 unspecified atom stereocenters. The van der Waals surface area contributed by atoms with Gasteiger partial charge in [0.05, 0.1) is 0 Å². The zero-order chi connectivity index (χ0) is 13.5. The van der Waals surface area contributed by atoms with Gasteiger partial charge in [-0.05, 0) is 37.1 Å². The molecule has 0 atom stereocenters. The van der Waals surface area contributed by atoms with Crippen LogP contribution in [0.3, 0.4) is 0 Å². The molecule has 0 aliphatic rings. The highest BCUT2D eigenvalue weighted by Gasteiger charge is 2.12. The van der Waals surface area contributed by atoms with Gasteiger partial charge in [-0.1, -0.05) is 29.3 Å². The first-order valence-corrected chi connectivity index (χ1v) is 6.69. The first kappa shape index (κ1) is 14.7. The molecule has 0 aromatic heterocycles. The molecule has 0 heterocycles. The smallest absolute Gasteiger partial charge is 0.313 e. The summed E-state index contributed by atoms with van der Waals surface area (Å²) in [7, 11) is 0. The fraction of sp³-hybridized carbons (Fsp3) is 0.385. The summed E-state index contributed by atoms with van der Waals surface area (Å²) in [6, 6.07) is 5.38. The Balaban J connectivity index is 2.53. The van der Waals surface area contributed by atoms with Gasteiger partial charge >= 0.3 is 11.8 Å². The molecular weight excluding hydrogens is 296 g/mol. The van der Waals surface area contributed by atoms with Crippen molar-refractivity contribution in [3.8, 4) is 0 Å². The second kappa shape index (κ2) is 7.16. The second-order valence-corrected chi connectivity index (χ2v) is 4.88. The monoisotopic (exact) mass is 312 g/mol. The van der Waals surface area contributed by atoms with Crippen LogP contribution in [0.2, 0.25) is 0 Å². The summed E-state index contributed by atoms with van der Waals surface area (Å²) < 4.78 is 0.966. The van der Waals surface area contributed by atoms with Gasteiger partial charge in [-0.15, -0.1) is 0 Å². The van der Waals surface area contributed by atoms with Gasteiger partial charge in [0.25, 0.3) is 0 Å². The minimum atomic E-state index is -0.632. The van der Waals surface area contributed by atoms with E-state index in [1.165, 1.54) is 0 Å². The fourth-order valence-electron chi connectivity index (χ4n) is 1.37. The molecule has 0 fully saturated rings. The van der Waals surface area contributed by atoms with Crippen molar-refractivity contribution in [3.05, 3.63) is 28.2 Å². The summed E-state index contributed by atoms with van der Waals surface area (Å²) >= 11 is 3.37. The summed E-state index contributed by atoms with van der Waals surface area (Å²) in [6.45, 7) is 4.47. The Morgan fingerprint density at radius 1 is 1.28 bits per heavy atom. The van der Waals surface area contributed by atoms with Gasteiger partial charge in [0.15, 0.2) is 0 Å². The number of halogens is 1. The van der Waals surface area contributed by atoms with Crippen LogP contribution in [0.15, 0.2) is 22.7 Å². The predicted octanol–water partition coefficient (Wildman–Crippen LogP) is 2.61. The van der Waals surface area contributed by atoms with E-state index in [4.69, 9.17) is 0 Å². The van der Waals surface area contributed by atoms with E-state index in [2.05, 4.69) is 26.6 Å². The maximum atomic E-state index is 11.6. The standard InChI is InChI=1S/C13H17BrN2O2/c1-3-4-7-15-12(17)13(18)16-10-5-6-11(14)9(2)8-10/h5-6,8H,3-4,7H2,1-2H3,(H,15,17)(H,16,18). The van der Waals surface area contributed by atoms with E-state index >= 15 is 0 Å². The van der Waals surface area contributed by atoms with E-state index in [0.29, 0.717) is 12.2 Å². The average Bonchev–Trinajstić information content (AvgIpc) is 2.34. The number of aryl methyl sites for hydroxylation is 1. The molecule has 98 valence electrons. The van der Waals surface area contributed by atoms with E-state index in [0.717, 1.165) is 22.9 Å². The number of hydrogen-bond acceptors (Lipinski definition) is 2. The SMILES string of the molecule is CCCCNC(=O)C(=O)Nc1ccc(Br)c(C)c1. The number of unbranched alkanes of at least 4 members (excludes halogenated alkanes) is 1. The zero-order valence-corrected chi connectivity index (χ0v) is 12.1. The molecule has 0 saturated heterocycles. The number of carbonyl (C=O) groups is 2. The van der Waals surface area contributed by atoms with Crippen molar-refractivity contribution in [2.24, 2.45) is 0 Å². The molecule has 5 heteroatoms. The van der Waals surface area contributed by atoms with Gasteiger partial charge in [-0.2, -0.15) is 0 Å². The summed E-state index contributed by atoms with van der Waals surface area (Å²) in [6.07, 6.45) is 1.85. The van der Waals surface area contributed by atoms with Crippen molar-refractivity contribution in [3.63, 3.8) is 0 Å². The minimum Gasteiger partial charge on any atom is -0.348 e. The lowest BCUT2D eigenvalue weighted by Gasteiger charge is -2.07. The Kier molecular flexibility index (Phi) is 5.85. The maximum absolute atomic E-state index is 11.6. The lowest BCUT2D eigenvalue weighted by Crippen LogP contribution is -2.35. The topological polar surface area (TPSA) is 58.2 Å². The normalized spacial score (nSPS) is 9.94. The lowest BCUT2D eigenvalue weighted by atomic mass is 10.2. The molecule has 2 amide bonds. The molecule has 2 N–H and O–H groups in total. The van der Waals surface area contributed by atoms with Crippen molar-refractivity contribution >= 4 is 33.4 Å². The third-order valence-corrected chi connectivity index (χ3v) is 3.33. The number of rotatable bonds is 4. The highest BCUT2D eigenvalue weighted by Crippen LogP contribution is 2.19. The van der Waals surface area contributed by atoms with Crippen molar-refractivity contribution in [2.45, 2.75) is 26.7 Å². The third kappa shape index (κ3) is 4.49. The van der Waals surface area contributed by atoms with E-state index in [-0.39, 0.29) is 0 Å². The molecule has 0 radical (unpaired) electrons. The molecule has 4 nitrogen and oxygen atoms in total. The molecule has 1 rings (SSSR count). The Morgan fingerprint density at radius 3 is 2.61 bits per heavy atom. The number of carbonyl (C=O) groups excluding carboxylic acids is 2. The van der Waals surface area contributed by atoms with Crippen LogP contribution in [-0.2, 0) is 9.59 Å². The Bertz CT molecular complexity index is 447. The molecule has 0 bridgehead atoms. The van der Waals surface area contributed by atoms with Crippen LogP contribution in [0.25, 0.3) is 0 Å². The summed E-state index contributed by atoms with van der Waals surface area (Å²) in [4.78, 5) is 23.0. The van der Waals surface area contributed by atoms with Crippen LogP contribution in [0.5, 0.6) is 0 Å². The second-order valence-electron chi connectivity index (χ2n) is 4.03. The van der Waals surface area contributed by atoms with Crippen LogP contribution < -0.4 is 10.6 Å². The van der Waals surface area contributed by atoms with Gasteiger partial charge in [0.2, 0.25) is 0 Å². The van der Waals surface area contributed by atoms with Gasteiger partial charge in [-0.25, -0.2) is 0 Å². The summed E-state index contributed by atoms with van der Waals surface area (Å²) in [5.74, 6) is -1.23. The molecule has 0 aliphatic heterocycles. The van der Waals surface area contributed by atoms with Gasteiger partial charge in [0, 0.05) is 16.7 Å². The number of nitrogens with one attached hydrogen (secondary N) is 2. The maximum Gasteiger partial charge on any atom is 0.313 e. The van der Waals surface area contributed by atoms with Crippen molar-refractivity contribution < 1.29 is 9.59 Å². The first-order valence-electron chi connectivity index (χ1n) is 5.90. The van der Waals surface area contributed by atoms with Crippen LogP contribution in [-0.4, -0.2) is 18.4 Å². The van der Waals surface area contributed by atoms with Crippen molar-refractivity contribution in [1.82, 2.24) is 5.32 Å². The predicted molar refractivity (Wildman–Crippen MR) is 75.4 cm³/mol. The lowest BCUT2D eigenvalue weighted by molar-refractivity contribution is -0.136. The molecular formula is C13H17BrN2O2. The Morgan fingerprint density at radius 2 is 2.00 bits per heavy atom. The molecule has 0 aliphatic carbocycles. The highest BCUT2D eigenvalue weighted by molar-refractivity contribution is 9.10. The largest absolute Gasteiger partial charge is 0.348 e. The molecule has 1 aromatic carbocycles. The third-order valence-electron chi connectivity index (χ3n) is 2.44. The average molecular weight is 313 g/mol. The van der Waals surface area contributed by atoms with Crippen molar-refractivity contribution in [2.75, 3.05) is 11.9 Å². The molecule has 0 spiro atoms. The quantitative estimate of drug-likeness (QED) is 0.663. The van der Waals surface area contributed by atoms with Crippen LogP contribution >= 0.6 is 15.9 Å². The minimum absolute atomic E-state index is 0.530. The number of amides is 2. The Hall–Kier alpha value is -1.36. The van der Waals surface area contributed by atoms with Gasteiger partial charge < -0.3 is 10.6 Å². The van der Waals surface area contributed by atoms with E-state index in [1.54, 1.807) is 12.1 Å². The van der Waals surface area contributed by atoms with E-state index in [1.807, 2.05) is 19.9 Å². The Labute approximate surface area is 115 Å². The number of anilines is 1. The zero-order valence-electron chi connectivity index (χ0n) is 10.5. The number of benzene rings is 1. The highest BCUT2D eigenvalue weighted by atomic mass is 79.9. The van der Waals surface area contributed by atoms with Gasteiger partial charge in [0.1, 0.15) is 0 Å². The van der Waals surface area contributed by atoms with E-state index < -0.39 is 11.8 Å². The fourth-order valence-corrected chi connectivity index (χ4v) is 1.62. The summed E-state index contributed by atoms with van der Waals surface area (Å²) in [5, 5.41) is 5.13. The van der Waals surface area contributed by atoms with Crippen LogP contribution in [0, 0.1) is 6.92 Å². The van der Waals surface area contributed by atoms with Gasteiger partial charge in [-0.3, -0.25) is 9.59 Å². The number of hydrogen-bond donors (Lipinski definition) is 2. The first-order chi connectivity index (χ1) is 8.54.